The molecular formula is C12H7F5O3. The standard InChI is InChI=1S/C12H7F5O3/c1-4-2-3-5-6(7(4)13)8(14)9(15)12(20-5,10(16)17)11(18)19/h2-3,10H,1H3,(H,18,19). The zero-order valence-electron chi connectivity index (χ0n) is 9.89. The first kappa shape index (κ1) is 14.3. The SMILES string of the molecule is Cc1ccc2c(c1F)C(F)=C(F)C(C(=O)O)(C(F)F)O2. The van der Waals surface area contributed by atoms with Crippen molar-refractivity contribution in [1.29, 1.82) is 0 Å². The molecule has 3 nitrogen and oxygen atoms in total. The third-order valence-corrected chi connectivity index (χ3v) is 2.93. The van der Waals surface area contributed by atoms with E-state index in [2.05, 4.69) is 4.74 Å². The van der Waals surface area contributed by atoms with Crippen LogP contribution in [0.25, 0.3) is 5.83 Å². The zero-order chi connectivity index (χ0) is 15.2. The van der Waals surface area contributed by atoms with E-state index in [4.69, 9.17) is 5.11 Å². The van der Waals surface area contributed by atoms with Crippen molar-refractivity contribution in [2.75, 3.05) is 0 Å². The second-order valence-electron chi connectivity index (χ2n) is 4.14. The van der Waals surface area contributed by atoms with E-state index >= 15 is 0 Å². The first-order chi connectivity index (χ1) is 9.23. The fourth-order valence-electron chi connectivity index (χ4n) is 1.81. The minimum atomic E-state index is -3.89. The highest BCUT2D eigenvalue weighted by molar-refractivity contribution is 5.88. The Labute approximate surface area is 109 Å². The lowest BCUT2D eigenvalue weighted by Gasteiger charge is -2.32. The molecule has 0 amide bonds. The average molecular weight is 294 g/mol. The number of ether oxygens (including phenoxy) is 1. The van der Waals surface area contributed by atoms with Gasteiger partial charge in [0.15, 0.2) is 11.7 Å². The largest absolute Gasteiger partial charge is 0.478 e. The average Bonchev–Trinajstić information content (AvgIpc) is 2.37. The molecule has 108 valence electrons. The molecule has 20 heavy (non-hydrogen) atoms. The van der Waals surface area contributed by atoms with E-state index < -0.39 is 46.8 Å². The van der Waals surface area contributed by atoms with Gasteiger partial charge in [-0.2, -0.15) is 0 Å². The second kappa shape index (κ2) is 4.46. The summed E-state index contributed by atoms with van der Waals surface area (Å²) in [6.45, 7) is 1.24. The fraction of sp³-hybridized carbons (Fsp3) is 0.250. The van der Waals surface area contributed by atoms with Crippen LogP contribution in [0.2, 0.25) is 0 Å². The van der Waals surface area contributed by atoms with Crippen LogP contribution in [0, 0.1) is 12.7 Å². The van der Waals surface area contributed by atoms with Gasteiger partial charge in [0, 0.05) is 0 Å². The van der Waals surface area contributed by atoms with E-state index in [1.54, 1.807) is 0 Å². The van der Waals surface area contributed by atoms with Crippen LogP contribution in [0.4, 0.5) is 22.0 Å². The van der Waals surface area contributed by atoms with Gasteiger partial charge < -0.3 is 9.84 Å². The Hall–Kier alpha value is -2.12. The van der Waals surface area contributed by atoms with Crippen LogP contribution in [-0.4, -0.2) is 23.1 Å². The number of carbonyl (C=O) groups is 1. The summed E-state index contributed by atoms with van der Waals surface area (Å²) in [5.41, 5.74) is -4.88. The van der Waals surface area contributed by atoms with E-state index in [-0.39, 0.29) is 5.56 Å². The van der Waals surface area contributed by atoms with E-state index in [9.17, 15) is 26.7 Å². The predicted octanol–water partition coefficient (Wildman–Crippen LogP) is 3.22. The monoisotopic (exact) mass is 294 g/mol. The Morgan fingerprint density at radius 2 is 1.90 bits per heavy atom. The number of aryl methyl sites for hydroxylation is 1. The molecular weight excluding hydrogens is 287 g/mol. The van der Waals surface area contributed by atoms with Crippen LogP contribution in [0.5, 0.6) is 5.75 Å². The Kier molecular flexibility index (Phi) is 3.19. The van der Waals surface area contributed by atoms with Crippen LogP contribution < -0.4 is 4.74 Å². The molecule has 1 heterocycles. The molecule has 0 aliphatic carbocycles. The fourth-order valence-corrected chi connectivity index (χ4v) is 1.81. The van der Waals surface area contributed by atoms with E-state index in [1.807, 2.05) is 0 Å². The summed E-state index contributed by atoms with van der Waals surface area (Å²) in [5, 5.41) is 8.76. The summed E-state index contributed by atoms with van der Waals surface area (Å²) in [4.78, 5) is 10.9. The van der Waals surface area contributed by atoms with Crippen LogP contribution >= 0.6 is 0 Å². The molecule has 2 rings (SSSR count). The number of benzene rings is 1. The van der Waals surface area contributed by atoms with Crippen LogP contribution in [0.15, 0.2) is 18.0 Å². The molecule has 0 spiro atoms. The third kappa shape index (κ3) is 1.67. The van der Waals surface area contributed by atoms with Crippen molar-refractivity contribution >= 4 is 11.8 Å². The maximum Gasteiger partial charge on any atom is 0.361 e. The lowest BCUT2D eigenvalue weighted by Crippen LogP contribution is -2.53. The topological polar surface area (TPSA) is 46.5 Å². The first-order valence-corrected chi connectivity index (χ1v) is 5.29. The van der Waals surface area contributed by atoms with Crippen molar-refractivity contribution < 1.29 is 36.6 Å². The molecule has 1 aromatic rings. The number of hydrogen-bond donors (Lipinski definition) is 1. The molecule has 0 aromatic heterocycles. The van der Waals surface area contributed by atoms with E-state index in [0.717, 1.165) is 12.1 Å². The van der Waals surface area contributed by atoms with Crippen molar-refractivity contribution in [3.8, 4) is 5.75 Å². The van der Waals surface area contributed by atoms with Gasteiger partial charge in [-0.05, 0) is 18.6 Å². The molecule has 1 aliphatic heterocycles. The Morgan fingerprint density at radius 3 is 2.40 bits per heavy atom. The number of aliphatic carboxylic acids is 1. The van der Waals surface area contributed by atoms with Gasteiger partial charge in [0.1, 0.15) is 11.6 Å². The molecule has 0 saturated carbocycles. The van der Waals surface area contributed by atoms with Gasteiger partial charge in [0.25, 0.3) is 6.43 Å². The number of rotatable bonds is 2. The normalized spacial score (nSPS) is 21.8. The number of hydrogen-bond acceptors (Lipinski definition) is 2. The van der Waals surface area contributed by atoms with Gasteiger partial charge in [0.05, 0.1) is 5.56 Å². The minimum Gasteiger partial charge on any atom is -0.478 e. The van der Waals surface area contributed by atoms with E-state index in [1.165, 1.54) is 6.92 Å². The van der Waals surface area contributed by atoms with Crippen molar-refractivity contribution in [3.05, 3.63) is 34.9 Å². The van der Waals surface area contributed by atoms with Crippen molar-refractivity contribution in [1.82, 2.24) is 0 Å². The number of carboxylic acid groups (broad SMARTS) is 1. The molecule has 8 heteroatoms. The molecule has 1 aliphatic rings. The lowest BCUT2D eigenvalue weighted by molar-refractivity contribution is -0.167. The van der Waals surface area contributed by atoms with Gasteiger partial charge >= 0.3 is 11.6 Å². The molecule has 0 fully saturated rings. The summed E-state index contributed by atoms with van der Waals surface area (Å²) < 4.78 is 71.4. The van der Waals surface area contributed by atoms with Gasteiger partial charge in [-0.1, -0.05) is 6.07 Å². The number of alkyl halides is 2. The van der Waals surface area contributed by atoms with Gasteiger partial charge in [-0.15, -0.1) is 0 Å². The summed E-state index contributed by atoms with van der Waals surface area (Å²) in [6, 6.07) is 1.97. The van der Waals surface area contributed by atoms with Gasteiger partial charge in [-0.3, -0.25) is 0 Å². The van der Waals surface area contributed by atoms with E-state index in [0.29, 0.717) is 0 Å². The third-order valence-electron chi connectivity index (χ3n) is 2.93. The molecule has 1 N–H and O–H groups in total. The van der Waals surface area contributed by atoms with Crippen LogP contribution in [-0.2, 0) is 4.79 Å². The van der Waals surface area contributed by atoms with Crippen LogP contribution in [0.1, 0.15) is 11.1 Å². The molecule has 0 saturated heterocycles. The predicted molar refractivity (Wildman–Crippen MR) is 57.3 cm³/mol. The summed E-state index contributed by atoms with van der Waals surface area (Å²) in [6.07, 6.45) is -3.89. The summed E-state index contributed by atoms with van der Waals surface area (Å²) in [5.74, 6) is -8.78. The van der Waals surface area contributed by atoms with Crippen molar-refractivity contribution in [2.24, 2.45) is 0 Å². The molecule has 0 bridgehead atoms. The Balaban J connectivity index is 2.78. The Morgan fingerprint density at radius 1 is 1.30 bits per heavy atom. The zero-order valence-corrected chi connectivity index (χ0v) is 9.89. The smallest absolute Gasteiger partial charge is 0.361 e. The maximum atomic E-state index is 13.8. The lowest BCUT2D eigenvalue weighted by atomic mass is 9.95. The number of carboxylic acids is 1. The number of halogens is 5. The number of fused-ring (bicyclic) bond motifs is 1. The summed E-state index contributed by atoms with van der Waals surface area (Å²) in [7, 11) is 0. The second-order valence-corrected chi connectivity index (χ2v) is 4.14. The molecule has 1 atom stereocenters. The maximum absolute atomic E-state index is 13.8. The molecule has 1 unspecified atom stereocenters. The molecule has 0 radical (unpaired) electrons. The summed E-state index contributed by atoms with van der Waals surface area (Å²) >= 11 is 0. The molecule has 1 aromatic carbocycles. The first-order valence-electron chi connectivity index (χ1n) is 5.29. The Bertz CT molecular complexity index is 626. The van der Waals surface area contributed by atoms with Crippen molar-refractivity contribution in [3.63, 3.8) is 0 Å². The highest BCUT2D eigenvalue weighted by Crippen LogP contribution is 2.46. The van der Waals surface area contributed by atoms with Crippen molar-refractivity contribution in [2.45, 2.75) is 19.0 Å². The highest BCUT2D eigenvalue weighted by atomic mass is 19.3. The highest BCUT2D eigenvalue weighted by Gasteiger charge is 2.59. The van der Waals surface area contributed by atoms with Gasteiger partial charge in [-0.25, -0.2) is 26.7 Å². The quantitative estimate of drug-likeness (QED) is 0.852. The van der Waals surface area contributed by atoms with Crippen LogP contribution in [0.3, 0.4) is 0 Å². The van der Waals surface area contributed by atoms with Gasteiger partial charge in [0.2, 0.25) is 0 Å². The minimum absolute atomic E-state index is 0.0739.